The van der Waals surface area contributed by atoms with Crippen LogP contribution in [0, 0.1) is 0 Å². The zero-order valence-corrected chi connectivity index (χ0v) is 6.47. The van der Waals surface area contributed by atoms with Crippen LogP contribution in [0.1, 0.15) is 0 Å². The number of hydrogen-bond acceptors (Lipinski definition) is 4. The second-order valence-electron chi connectivity index (χ2n) is 0.715. The fraction of sp³-hybridized carbons (Fsp3) is 1.00. The molecule has 0 aromatic rings. The van der Waals surface area contributed by atoms with Crippen molar-refractivity contribution in [2.24, 2.45) is 0 Å². The minimum Gasteiger partial charge on any atom is -0.315 e. The van der Waals surface area contributed by atoms with E-state index in [9.17, 15) is 0 Å². The largest absolute Gasteiger partial charge is 0.461 e. The van der Waals surface area contributed by atoms with Crippen molar-refractivity contribution in [2.45, 2.75) is 6.16 Å². The van der Waals surface area contributed by atoms with Gasteiger partial charge in [0.2, 0.25) is 0 Å². The van der Waals surface area contributed by atoms with Crippen LogP contribution in [-0.2, 0) is 52.5 Å². The molecular weight excluding hydrogens is 226 g/mol. The molecule has 0 saturated carbocycles. The van der Waals surface area contributed by atoms with E-state index >= 15 is 0 Å². The Hall–Kier alpha value is 1.22. The van der Waals surface area contributed by atoms with Gasteiger partial charge < -0.3 is 10.2 Å². The molecule has 0 aromatic heterocycles. The van der Waals surface area contributed by atoms with Gasteiger partial charge in [-0.1, -0.05) is 0 Å². The molecule has 1 rings (SSSR count). The zero-order valence-electron chi connectivity index (χ0n) is 3.03. The smallest absolute Gasteiger partial charge is 0.315 e. The van der Waals surface area contributed by atoms with Crippen molar-refractivity contribution in [1.29, 1.82) is 0 Å². The standard InChI is InChI=1S/CH2O4.Ni.Zr/c2-1(3)4-5-1;;/h2-3H;;. The third-order valence-electron chi connectivity index (χ3n) is 0.232. The minimum absolute atomic E-state index is 0. The number of aliphatic hydroxyl groups is 2. The Morgan fingerprint density at radius 3 is 1.29 bits per heavy atom. The first-order valence-corrected chi connectivity index (χ1v) is 1.02. The molecule has 6 heteroatoms. The molecular formula is CH2NiO4Zr. The quantitative estimate of drug-likeness (QED) is 0.230. The predicted molar refractivity (Wildman–Crippen MR) is 9.34 cm³/mol. The maximum atomic E-state index is 7.74. The average molecular weight is 228 g/mol. The van der Waals surface area contributed by atoms with E-state index in [1.54, 1.807) is 0 Å². The van der Waals surface area contributed by atoms with Gasteiger partial charge >= 0.3 is 6.16 Å². The third-order valence-corrected chi connectivity index (χ3v) is 0.232. The molecule has 0 bridgehead atoms. The Morgan fingerprint density at radius 1 is 1.14 bits per heavy atom. The molecule has 1 aliphatic rings. The Kier molecular flexibility index (Phi) is 5.19. The Bertz CT molecular complexity index is 49.7. The van der Waals surface area contributed by atoms with E-state index in [1.165, 1.54) is 0 Å². The molecule has 0 spiro atoms. The second-order valence-corrected chi connectivity index (χ2v) is 0.715. The molecule has 0 atom stereocenters. The summed E-state index contributed by atoms with van der Waals surface area (Å²) >= 11 is 0. The van der Waals surface area contributed by atoms with Crippen molar-refractivity contribution in [3.05, 3.63) is 0 Å². The molecule has 0 aromatic carbocycles. The van der Waals surface area contributed by atoms with E-state index in [-0.39, 0.29) is 42.7 Å². The second kappa shape index (κ2) is 3.28. The van der Waals surface area contributed by atoms with Crippen LogP contribution in [-0.4, -0.2) is 16.4 Å². The molecule has 1 aliphatic heterocycles. The summed E-state index contributed by atoms with van der Waals surface area (Å²) in [5, 5.41) is 15.5. The summed E-state index contributed by atoms with van der Waals surface area (Å²) < 4.78 is 0. The van der Waals surface area contributed by atoms with Gasteiger partial charge in [-0.2, -0.15) is 0 Å². The number of rotatable bonds is 0. The van der Waals surface area contributed by atoms with Gasteiger partial charge in [0.1, 0.15) is 0 Å². The van der Waals surface area contributed by atoms with E-state index in [2.05, 4.69) is 9.78 Å². The van der Waals surface area contributed by atoms with Gasteiger partial charge in [0.05, 0.1) is 0 Å². The molecule has 0 unspecified atom stereocenters. The van der Waals surface area contributed by atoms with Crippen molar-refractivity contribution >= 4 is 0 Å². The maximum Gasteiger partial charge on any atom is 0.461 e. The summed E-state index contributed by atoms with van der Waals surface area (Å²) in [6.07, 6.45) is -2.25. The van der Waals surface area contributed by atoms with Gasteiger partial charge in [-0.05, 0) is 0 Å². The molecule has 0 radical (unpaired) electrons. The first-order valence-electron chi connectivity index (χ1n) is 1.02. The Labute approximate surface area is 68.8 Å². The maximum absolute atomic E-state index is 7.74. The molecule has 1 heterocycles. The summed E-state index contributed by atoms with van der Waals surface area (Å²) in [4.78, 5) is 7.01. The summed E-state index contributed by atoms with van der Waals surface area (Å²) in [5.74, 6) is 0. The van der Waals surface area contributed by atoms with Crippen molar-refractivity contribution in [1.82, 2.24) is 0 Å². The molecule has 44 valence electrons. The van der Waals surface area contributed by atoms with Gasteiger partial charge in [-0.3, -0.25) is 0 Å². The van der Waals surface area contributed by atoms with Crippen molar-refractivity contribution in [2.75, 3.05) is 0 Å². The van der Waals surface area contributed by atoms with Gasteiger partial charge in [-0.15, -0.1) is 9.78 Å². The van der Waals surface area contributed by atoms with E-state index in [0.29, 0.717) is 0 Å². The molecule has 0 aliphatic carbocycles. The molecule has 1 fully saturated rings. The fourth-order valence-electron chi connectivity index (χ4n) is 0.0373. The Morgan fingerprint density at radius 2 is 1.29 bits per heavy atom. The third kappa shape index (κ3) is 5.08. The first-order chi connectivity index (χ1) is 2.21. The summed E-state index contributed by atoms with van der Waals surface area (Å²) in [5.41, 5.74) is 0. The van der Waals surface area contributed by atoms with Crippen LogP contribution in [0.5, 0.6) is 0 Å². The van der Waals surface area contributed by atoms with E-state index < -0.39 is 6.16 Å². The summed E-state index contributed by atoms with van der Waals surface area (Å²) in [6.45, 7) is 0. The van der Waals surface area contributed by atoms with Crippen LogP contribution in [0.25, 0.3) is 0 Å². The number of hydrogen-bond donors (Lipinski definition) is 2. The fourth-order valence-corrected chi connectivity index (χ4v) is 0.0373. The minimum atomic E-state index is -2.25. The van der Waals surface area contributed by atoms with Gasteiger partial charge in [-0.25, -0.2) is 0 Å². The molecule has 7 heavy (non-hydrogen) atoms. The first kappa shape index (κ1) is 11.1. The Balaban J connectivity index is 0. The van der Waals surface area contributed by atoms with Crippen LogP contribution in [0.4, 0.5) is 0 Å². The van der Waals surface area contributed by atoms with Gasteiger partial charge in [0.15, 0.2) is 0 Å². The van der Waals surface area contributed by atoms with E-state index in [1.807, 2.05) is 0 Å². The van der Waals surface area contributed by atoms with Crippen LogP contribution in [0.3, 0.4) is 0 Å². The van der Waals surface area contributed by atoms with Gasteiger partial charge in [0.25, 0.3) is 0 Å². The SMILES string of the molecule is OC1(O)OO1.[Ni].[Zr]. The van der Waals surface area contributed by atoms with E-state index in [4.69, 9.17) is 10.2 Å². The van der Waals surface area contributed by atoms with Gasteiger partial charge in [0, 0.05) is 42.7 Å². The molecule has 0 amide bonds. The summed E-state index contributed by atoms with van der Waals surface area (Å²) in [7, 11) is 0. The molecule has 1 saturated heterocycles. The van der Waals surface area contributed by atoms with Crippen molar-refractivity contribution in [3.8, 4) is 0 Å². The van der Waals surface area contributed by atoms with Crippen molar-refractivity contribution in [3.63, 3.8) is 0 Å². The van der Waals surface area contributed by atoms with Crippen LogP contribution in [0.15, 0.2) is 0 Å². The van der Waals surface area contributed by atoms with Crippen LogP contribution >= 0.6 is 0 Å². The molecule has 2 N–H and O–H groups in total. The zero-order chi connectivity index (χ0) is 3.91. The van der Waals surface area contributed by atoms with Crippen molar-refractivity contribution < 1.29 is 62.7 Å². The van der Waals surface area contributed by atoms with Crippen LogP contribution in [0.2, 0.25) is 0 Å². The van der Waals surface area contributed by atoms with E-state index in [0.717, 1.165) is 0 Å². The topological polar surface area (TPSA) is 65.5 Å². The van der Waals surface area contributed by atoms with Crippen LogP contribution < -0.4 is 0 Å². The summed E-state index contributed by atoms with van der Waals surface area (Å²) in [6, 6.07) is 0. The molecule has 4 nitrogen and oxygen atoms in total. The predicted octanol–water partition coefficient (Wildman–Crippen LogP) is -1.46. The monoisotopic (exact) mass is 226 g/mol. The average Bonchev–Trinajstić information content (AvgIpc) is 1.76. The normalized spacial score (nSPS) is 21.4.